The molecule has 0 bridgehead atoms. The van der Waals surface area contributed by atoms with Crippen LogP contribution < -0.4 is 0 Å². The number of hydrogen-bond acceptors (Lipinski definition) is 4. The van der Waals surface area contributed by atoms with E-state index >= 15 is 0 Å². The largest absolute Gasteiger partial charge is 0.361 e. The lowest BCUT2D eigenvalue weighted by atomic mass is 10.2. The van der Waals surface area contributed by atoms with Gasteiger partial charge in [0.1, 0.15) is 5.76 Å². The average molecular weight is 231 g/mol. The highest BCUT2D eigenvalue weighted by Crippen LogP contribution is 2.05. The molecule has 4 heteroatoms. The van der Waals surface area contributed by atoms with Crippen LogP contribution in [0.2, 0.25) is 0 Å². The van der Waals surface area contributed by atoms with Crippen molar-refractivity contribution in [2.75, 3.05) is 13.6 Å². The summed E-state index contributed by atoms with van der Waals surface area (Å²) < 4.78 is 5.04. The molecule has 2 rings (SSSR count). The third-order valence-corrected chi connectivity index (χ3v) is 2.64. The zero-order chi connectivity index (χ0) is 12.1. The SMILES string of the molecule is Cc1cc(CN(C)CCc2ccncc2)no1. The summed E-state index contributed by atoms with van der Waals surface area (Å²) >= 11 is 0. The van der Waals surface area contributed by atoms with E-state index in [4.69, 9.17) is 4.52 Å². The summed E-state index contributed by atoms with van der Waals surface area (Å²) in [6, 6.07) is 6.07. The topological polar surface area (TPSA) is 42.2 Å². The highest BCUT2D eigenvalue weighted by Gasteiger charge is 2.04. The molecule has 0 atom stereocenters. The highest BCUT2D eigenvalue weighted by atomic mass is 16.5. The van der Waals surface area contributed by atoms with Crippen LogP contribution in [-0.2, 0) is 13.0 Å². The first-order chi connectivity index (χ1) is 8.24. The molecule has 0 aliphatic rings. The lowest BCUT2D eigenvalue weighted by molar-refractivity contribution is 0.312. The van der Waals surface area contributed by atoms with Gasteiger partial charge in [0.05, 0.1) is 5.69 Å². The maximum absolute atomic E-state index is 5.04. The second kappa shape index (κ2) is 5.59. The molecule has 2 aromatic rings. The van der Waals surface area contributed by atoms with Gasteiger partial charge in [0.2, 0.25) is 0 Å². The minimum Gasteiger partial charge on any atom is -0.361 e. The van der Waals surface area contributed by atoms with Gasteiger partial charge in [-0.25, -0.2) is 0 Å². The van der Waals surface area contributed by atoms with Gasteiger partial charge in [-0.3, -0.25) is 4.98 Å². The second-order valence-electron chi connectivity index (χ2n) is 4.27. The number of nitrogens with zero attached hydrogens (tertiary/aromatic N) is 3. The number of pyridine rings is 1. The maximum Gasteiger partial charge on any atom is 0.133 e. The third kappa shape index (κ3) is 3.67. The Bertz CT molecular complexity index is 453. The Labute approximate surface area is 101 Å². The molecule has 0 aromatic carbocycles. The van der Waals surface area contributed by atoms with Gasteiger partial charge in [0, 0.05) is 31.5 Å². The minimum absolute atomic E-state index is 0.822. The van der Waals surface area contributed by atoms with Gasteiger partial charge in [0.15, 0.2) is 0 Å². The van der Waals surface area contributed by atoms with Crippen LogP contribution in [0, 0.1) is 6.92 Å². The van der Waals surface area contributed by atoms with Crippen LogP contribution in [0.4, 0.5) is 0 Å². The number of rotatable bonds is 5. The molecule has 0 amide bonds. The first kappa shape index (κ1) is 11.8. The predicted octanol–water partition coefficient (Wildman–Crippen LogP) is 2.05. The second-order valence-corrected chi connectivity index (χ2v) is 4.27. The molecule has 0 N–H and O–H groups in total. The first-order valence-electron chi connectivity index (χ1n) is 5.73. The van der Waals surface area contributed by atoms with Crippen LogP contribution >= 0.6 is 0 Å². The molecule has 0 aliphatic heterocycles. The molecule has 17 heavy (non-hydrogen) atoms. The summed E-state index contributed by atoms with van der Waals surface area (Å²) in [6.07, 6.45) is 4.68. The van der Waals surface area contributed by atoms with Gasteiger partial charge in [-0.05, 0) is 38.1 Å². The molecule has 0 fully saturated rings. The van der Waals surface area contributed by atoms with E-state index in [0.717, 1.165) is 31.0 Å². The van der Waals surface area contributed by atoms with Crippen LogP contribution in [-0.4, -0.2) is 28.6 Å². The number of aromatic nitrogens is 2. The molecule has 90 valence electrons. The smallest absolute Gasteiger partial charge is 0.133 e. The van der Waals surface area contributed by atoms with Crippen molar-refractivity contribution in [1.29, 1.82) is 0 Å². The van der Waals surface area contributed by atoms with Crippen LogP contribution in [0.15, 0.2) is 35.1 Å². The van der Waals surface area contributed by atoms with E-state index in [1.165, 1.54) is 5.56 Å². The van der Waals surface area contributed by atoms with Gasteiger partial charge >= 0.3 is 0 Å². The standard InChI is InChI=1S/C13H17N3O/c1-11-9-13(15-17-11)10-16(2)8-5-12-3-6-14-7-4-12/h3-4,6-7,9H,5,8,10H2,1-2H3. The fraction of sp³-hybridized carbons (Fsp3) is 0.385. The van der Waals surface area contributed by atoms with Crippen molar-refractivity contribution in [3.05, 3.63) is 47.6 Å². The van der Waals surface area contributed by atoms with Crippen molar-refractivity contribution in [3.8, 4) is 0 Å². The summed E-state index contributed by atoms with van der Waals surface area (Å²) in [5.41, 5.74) is 2.29. The van der Waals surface area contributed by atoms with E-state index in [1.807, 2.05) is 37.5 Å². The van der Waals surface area contributed by atoms with Crippen molar-refractivity contribution in [3.63, 3.8) is 0 Å². The van der Waals surface area contributed by atoms with E-state index in [1.54, 1.807) is 0 Å². The van der Waals surface area contributed by atoms with Crippen molar-refractivity contribution in [1.82, 2.24) is 15.0 Å². The van der Waals surface area contributed by atoms with Gasteiger partial charge < -0.3 is 9.42 Å². The molecule has 0 saturated carbocycles. The molecule has 0 radical (unpaired) electrons. The predicted molar refractivity (Wildman–Crippen MR) is 65.5 cm³/mol. The Morgan fingerprint density at radius 3 is 2.71 bits per heavy atom. The summed E-state index contributed by atoms with van der Waals surface area (Å²) in [5, 5.41) is 3.98. The Kier molecular flexibility index (Phi) is 3.88. The fourth-order valence-electron chi connectivity index (χ4n) is 1.72. The molecule has 0 aliphatic carbocycles. The van der Waals surface area contributed by atoms with E-state index in [-0.39, 0.29) is 0 Å². The normalized spacial score (nSPS) is 11.0. The summed E-state index contributed by atoms with van der Waals surface area (Å²) in [6.45, 7) is 3.73. The van der Waals surface area contributed by atoms with Crippen LogP contribution in [0.5, 0.6) is 0 Å². The van der Waals surface area contributed by atoms with E-state index in [0.29, 0.717) is 0 Å². The van der Waals surface area contributed by atoms with Gasteiger partial charge in [0.25, 0.3) is 0 Å². The third-order valence-electron chi connectivity index (χ3n) is 2.64. The van der Waals surface area contributed by atoms with Crippen LogP contribution in [0.25, 0.3) is 0 Å². The molecule has 0 unspecified atom stereocenters. The van der Waals surface area contributed by atoms with Gasteiger partial charge in [-0.2, -0.15) is 0 Å². The molecule has 4 nitrogen and oxygen atoms in total. The molecule has 2 heterocycles. The monoisotopic (exact) mass is 231 g/mol. The first-order valence-corrected chi connectivity index (χ1v) is 5.73. The quantitative estimate of drug-likeness (QED) is 0.790. The lowest BCUT2D eigenvalue weighted by Crippen LogP contribution is -2.20. The Morgan fingerprint density at radius 2 is 2.06 bits per heavy atom. The molecule has 0 spiro atoms. The number of likely N-dealkylation sites (N-methyl/N-ethyl adjacent to an activating group) is 1. The van der Waals surface area contributed by atoms with Crippen molar-refractivity contribution in [2.24, 2.45) is 0 Å². The summed E-state index contributed by atoms with van der Waals surface area (Å²) in [4.78, 5) is 6.24. The zero-order valence-corrected chi connectivity index (χ0v) is 10.3. The number of hydrogen-bond donors (Lipinski definition) is 0. The highest BCUT2D eigenvalue weighted by molar-refractivity contribution is 5.10. The average Bonchev–Trinajstić information content (AvgIpc) is 2.73. The minimum atomic E-state index is 0.822. The van der Waals surface area contributed by atoms with Crippen molar-refractivity contribution < 1.29 is 4.52 Å². The van der Waals surface area contributed by atoms with E-state index in [2.05, 4.69) is 22.1 Å². The maximum atomic E-state index is 5.04. The number of aryl methyl sites for hydroxylation is 1. The van der Waals surface area contributed by atoms with E-state index < -0.39 is 0 Å². The molecule has 2 aromatic heterocycles. The lowest BCUT2D eigenvalue weighted by Gasteiger charge is -2.14. The van der Waals surface area contributed by atoms with E-state index in [9.17, 15) is 0 Å². The van der Waals surface area contributed by atoms with Crippen LogP contribution in [0.1, 0.15) is 17.0 Å². The Balaban J connectivity index is 1.80. The summed E-state index contributed by atoms with van der Waals surface area (Å²) in [5.74, 6) is 0.863. The Morgan fingerprint density at radius 1 is 1.29 bits per heavy atom. The van der Waals surface area contributed by atoms with Gasteiger partial charge in [-0.15, -0.1) is 0 Å². The molecular formula is C13H17N3O. The summed E-state index contributed by atoms with van der Waals surface area (Å²) in [7, 11) is 2.09. The Hall–Kier alpha value is -1.68. The zero-order valence-electron chi connectivity index (χ0n) is 10.3. The van der Waals surface area contributed by atoms with Gasteiger partial charge in [-0.1, -0.05) is 5.16 Å². The molecule has 0 saturated heterocycles. The van der Waals surface area contributed by atoms with Crippen molar-refractivity contribution >= 4 is 0 Å². The fourth-order valence-corrected chi connectivity index (χ4v) is 1.72. The molecular weight excluding hydrogens is 214 g/mol. The van der Waals surface area contributed by atoms with Crippen molar-refractivity contribution in [2.45, 2.75) is 19.9 Å². The van der Waals surface area contributed by atoms with Crippen LogP contribution in [0.3, 0.4) is 0 Å².